The molecule has 0 aliphatic heterocycles. The zero-order valence-electron chi connectivity index (χ0n) is 25.7. The first-order chi connectivity index (χ1) is 23.6. The lowest BCUT2D eigenvalue weighted by Crippen LogP contribution is -1.89. The number of hydrogen-bond acceptors (Lipinski definition) is 6. The highest BCUT2D eigenvalue weighted by Gasteiger charge is 2.10. The second-order valence-electron chi connectivity index (χ2n) is 11.3. The highest BCUT2D eigenvalue weighted by Crippen LogP contribution is 2.35. The van der Waals surface area contributed by atoms with Crippen molar-refractivity contribution in [2.45, 2.75) is 0 Å². The van der Waals surface area contributed by atoms with Crippen LogP contribution in [0.2, 0.25) is 0 Å². The van der Waals surface area contributed by atoms with Crippen LogP contribution in [-0.2, 0) is 0 Å². The summed E-state index contributed by atoms with van der Waals surface area (Å²) in [4.78, 5) is 45.7. The predicted octanol–water partition coefficient (Wildman–Crippen LogP) is 9.31. The Hall–Kier alpha value is -6.66. The Labute approximate surface area is 277 Å². The summed E-state index contributed by atoms with van der Waals surface area (Å²) in [6.45, 7) is 0. The Balaban J connectivity index is 1.25. The van der Waals surface area contributed by atoms with Crippen molar-refractivity contribution in [2.75, 3.05) is 0 Å². The Morgan fingerprint density at radius 3 is 0.667 bits per heavy atom. The van der Waals surface area contributed by atoms with Crippen LogP contribution < -0.4 is 0 Å². The predicted molar refractivity (Wildman–Crippen MR) is 189 cm³/mol. The number of hydrogen-bond donors (Lipinski definition) is 0. The topological polar surface area (TPSA) is 89.9 Å². The first kappa shape index (κ1) is 30.0. The minimum atomic E-state index is 0.403. The van der Waals surface area contributed by atoms with Crippen LogP contribution in [0.15, 0.2) is 146 Å². The summed E-state index contributed by atoms with van der Waals surface area (Å²) < 4.78 is 0. The second kappa shape index (κ2) is 13.4. The highest BCUT2D eigenvalue weighted by atomic mass is 16.1. The molecule has 4 aromatic carbocycles. The summed E-state index contributed by atoms with van der Waals surface area (Å²) in [6.07, 6.45) is 7.36. The maximum atomic E-state index is 11.0. The van der Waals surface area contributed by atoms with Crippen LogP contribution in [-0.4, -0.2) is 33.8 Å². The van der Waals surface area contributed by atoms with Gasteiger partial charge in [-0.3, -0.25) is 29.3 Å². The van der Waals surface area contributed by atoms with E-state index in [4.69, 9.17) is 0 Å². The van der Waals surface area contributed by atoms with Crippen molar-refractivity contribution in [3.63, 3.8) is 0 Å². The number of carbonyl (C=O) groups is 3. The highest BCUT2D eigenvalue weighted by molar-refractivity contribution is 5.84. The van der Waals surface area contributed by atoms with Gasteiger partial charge in [0.25, 0.3) is 0 Å². The molecule has 6 nitrogen and oxygen atoms in total. The van der Waals surface area contributed by atoms with Gasteiger partial charge in [-0.15, -0.1) is 0 Å². The van der Waals surface area contributed by atoms with Crippen molar-refractivity contribution in [3.8, 4) is 66.8 Å². The third kappa shape index (κ3) is 6.36. The average Bonchev–Trinajstić information content (AvgIpc) is 3.18. The maximum Gasteiger partial charge on any atom is 0.168 e. The SMILES string of the molecule is O=Cc1ccc(-c2ccc(-c3cc(-c4ccc(-c5ccc(C=O)nc5)cc4)cc(-c4ccc(-c5ccc(C=O)nc5)cc4)c3)cc2)cn1. The molecule has 0 amide bonds. The van der Waals surface area contributed by atoms with Gasteiger partial charge in [-0.05, 0) is 86.5 Å². The van der Waals surface area contributed by atoms with Gasteiger partial charge < -0.3 is 0 Å². The largest absolute Gasteiger partial charge is 0.296 e. The molecule has 0 saturated heterocycles. The fourth-order valence-electron chi connectivity index (χ4n) is 5.63. The van der Waals surface area contributed by atoms with Crippen LogP contribution in [0.5, 0.6) is 0 Å². The third-order valence-electron chi connectivity index (χ3n) is 8.31. The molecule has 0 fully saturated rings. The smallest absolute Gasteiger partial charge is 0.168 e. The Kier molecular flexibility index (Phi) is 8.36. The minimum absolute atomic E-state index is 0.403. The van der Waals surface area contributed by atoms with Crippen molar-refractivity contribution in [2.24, 2.45) is 0 Å². The molecule has 0 N–H and O–H groups in total. The molecule has 0 bridgehead atoms. The van der Waals surface area contributed by atoms with E-state index in [1.807, 2.05) is 18.2 Å². The molecule has 48 heavy (non-hydrogen) atoms. The lowest BCUT2D eigenvalue weighted by atomic mass is 9.91. The number of aromatic nitrogens is 3. The van der Waals surface area contributed by atoms with E-state index < -0.39 is 0 Å². The first-order valence-electron chi connectivity index (χ1n) is 15.3. The molecular formula is C42H27N3O3. The summed E-state index contributed by atoms with van der Waals surface area (Å²) in [5.74, 6) is 0. The molecule has 6 heteroatoms. The van der Waals surface area contributed by atoms with Gasteiger partial charge >= 0.3 is 0 Å². The standard InChI is InChI=1S/C42H27N3O3/c46-25-40-16-13-34(22-43-40)28-1-7-31(8-2-28)37-19-38(32-9-3-29(4-10-32)35-14-17-41(26-47)44-23-35)21-39(20-37)33-11-5-30(6-12-33)36-15-18-42(27-48)45-24-36/h1-27H. The molecule has 0 saturated carbocycles. The van der Waals surface area contributed by atoms with E-state index in [0.717, 1.165) is 85.6 Å². The molecule has 3 heterocycles. The van der Waals surface area contributed by atoms with Crippen LogP contribution >= 0.6 is 0 Å². The molecule has 228 valence electrons. The van der Waals surface area contributed by atoms with Gasteiger partial charge in [0.05, 0.1) is 0 Å². The summed E-state index contributed by atoms with van der Waals surface area (Å²) in [5, 5.41) is 0. The second-order valence-corrected chi connectivity index (χ2v) is 11.3. The van der Waals surface area contributed by atoms with Crippen LogP contribution in [0.4, 0.5) is 0 Å². The van der Waals surface area contributed by atoms with Gasteiger partial charge in [0.2, 0.25) is 0 Å². The maximum absolute atomic E-state index is 11.0. The molecule has 0 aliphatic carbocycles. The minimum Gasteiger partial charge on any atom is -0.296 e. The van der Waals surface area contributed by atoms with Crippen LogP contribution in [0.1, 0.15) is 31.5 Å². The van der Waals surface area contributed by atoms with Crippen LogP contribution in [0.25, 0.3) is 66.8 Å². The summed E-state index contributed by atoms with van der Waals surface area (Å²) in [6, 6.07) is 42.5. The summed E-state index contributed by atoms with van der Waals surface area (Å²) >= 11 is 0. The number of nitrogens with zero attached hydrogens (tertiary/aromatic N) is 3. The van der Waals surface area contributed by atoms with Crippen LogP contribution in [0.3, 0.4) is 0 Å². The van der Waals surface area contributed by atoms with Crippen molar-refractivity contribution in [3.05, 3.63) is 163 Å². The lowest BCUT2D eigenvalue weighted by molar-refractivity contribution is 0.111. The average molecular weight is 622 g/mol. The molecule has 0 aliphatic rings. The van der Waals surface area contributed by atoms with Gasteiger partial charge in [-0.2, -0.15) is 0 Å². The van der Waals surface area contributed by atoms with Gasteiger partial charge in [0, 0.05) is 35.3 Å². The van der Waals surface area contributed by atoms with Gasteiger partial charge in [0.15, 0.2) is 18.9 Å². The summed E-state index contributed by atoms with van der Waals surface area (Å²) in [5.41, 5.74) is 13.5. The molecule has 3 aromatic heterocycles. The molecule has 0 radical (unpaired) electrons. The Morgan fingerprint density at radius 1 is 0.271 bits per heavy atom. The number of benzene rings is 4. The van der Waals surface area contributed by atoms with E-state index in [9.17, 15) is 14.4 Å². The van der Waals surface area contributed by atoms with E-state index in [-0.39, 0.29) is 0 Å². The van der Waals surface area contributed by atoms with Crippen molar-refractivity contribution >= 4 is 18.9 Å². The molecule has 0 atom stereocenters. The fourth-order valence-corrected chi connectivity index (χ4v) is 5.63. The Bertz CT molecular complexity index is 1950. The molecular weight excluding hydrogens is 594 g/mol. The molecule has 7 aromatic rings. The Morgan fingerprint density at radius 2 is 0.479 bits per heavy atom. The van der Waals surface area contributed by atoms with Gasteiger partial charge in [-0.25, -0.2) is 0 Å². The number of pyridine rings is 3. The van der Waals surface area contributed by atoms with Crippen molar-refractivity contribution in [1.29, 1.82) is 0 Å². The lowest BCUT2D eigenvalue weighted by Gasteiger charge is -2.13. The molecule has 7 rings (SSSR count). The number of rotatable bonds is 9. The van der Waals surface area contributed by atoms with E-state index in [1.165, 1.54) is 0 Å². The zero-order chi connectivity index (χ0) is 32.9. The number of carbonyl (C=O) groups excluding carboxylic acids is 3. The van der Waals surface area contributed by atoms with Gasteiger partial charge in [-0.1, -0.05) is 91.0 Å². The quantitative estimate of drug-likeness (QED) is 0.149. The van der Waals surface area contributed by atoms with E-state index in [2.05, 4.69) is 106 Å². The van der Waals surface area contributed by atoms with Crippen LogP contribution in [0, 0.1) is 0 Å². The molecule has 0 spiro atoms. The molecule has 0 unspecified atom stereocenters. The van der Waals surface area contributed by atoms with E-state index in [1.54, 1.807) is 36.8 Å². The van der Waals surface area contributed by atoms with E-state index in [0.29, 0.717) is 17.1 Å². The van der Waals surface area contributed by atoms with Crippen molar-refractivity contribution < 1.29 is 14.4 Å². The summed E-state index contributed by atoms with van der Waals surface area (Å²) in [7, 11) is 0. The first-order valence-corrected chi connectivity index (χ1v) is 15.3. The van der Waals surface area contributed by atoms with E-state index >= 15 is 0 Å². The zero-order valence-corrected chi connectivity index (χ0v) is 25.7. The third-order valence-corrected chi connectivity index (χ3v) is 8.31. The fraction of sp³-hybridized carbons (Fsp3) is 0. The van der Waals surface area contributed by atoms with Crippen molar-refractivity contribution in [1.82, 2.24) is 15.0 Å². The van der Waals surface area contributed by atoms with Gasteiger partial charge in [0.1, 0.15) is 17.1 Å². The monoisotopic (exact) mass is 621 g/mol. The normalized spacial score (nSPS) is 10.8. The number of aldehydes is 3.